The molecule has 2 aromatic carbocycles. The van der Waals surface area contributed by atoms with E-state index >= 15 is 0 Å². The molecule has 0 aliphatic heterocycles. The van der Waals surface area contributed by atoms with E-state index in [1.807, 2.05) is 24.3 Å². The first-order valence-corrected chi connectivity index (χ1v) is 9.62. The van der Waals surface area contributed by atoms with Crippen molar-refractivity contribution in [3.05, 3.63) is 80.3 Å². The van der Waals surface area contributed by atoms with Crippen molar-refractivity contribution in [1.82, 2.24) is 15.8 Å². The van der Waals surface area contributed by atoms with E-state index in [4.69, 9.17) is 0 Å². The van der Waals surface area contributed by atoms with Gasteiger partial charge in [-0.25, -0.2) is 4.98 Å². The number of rotatable bonds is 5. The van der Waals surface area contributed by atoms with E-state index in [0.717, 1.165) is 17.0 Å². The van der Waals surface area contributed by atoms with Crippen molar-refractivity contribution < 1.29 is 14.5 Å². The normalized spacial score (nSPS) is 10.4. The summed E-state index contributed by atoms with van der Waals surface area (Å²) in [6.45, 7) is 3.81. The smallest absolute Gasteiger partial charge is 0.267 e. The third-order valence-electron chi connectivity index (χ3n) is 4.24. The predicted octanol–water partition coefficient (Wildman–Crippen LogP) is 3.66. The Kier molecular flexibility index (Phi) is 5.99. The van der Waals surface area contributed by atoms with Crippen LogP contribution in [0.1, 0.15) is 38.2 Å². The lowest BCUT2D eigenvalue weighted by molar-refractivity contribution is -0.384. The zero-order valence-electron chi connectivity index (χ0n) is 15.8. The first-order valence-electron chi connectivity index (χ1n) is 8.81. The molecule has 0 saturated heterocycles. The van der Waals surface area contributed by atoms with Gasteiger partial charge in [-0.15, -0.1) is 11.3 Å². The second kappa shape index (κ2) is 8.61. The Hall–Kier alpha value is -3.59. The van der Waals surface area contributed by atoms with E-state index in [9.17, 15) is 19.7 Å². The fourth-order valence-electron chi connectivity index (χ4n) is 2.59. The number of non-ortho nitro benzene ring substituents is 1. The summed E-state index contributed by atoms with van der Waals surface area (Å²) in [4.78, 5) is 39.5. The van der Waals surface area contributed by atoms with E-state index in [1.54, 1.807) is 6.92 Å². The summed E-state index contributed by atoms with van der Waals surface area (Å²) < 4.78 is 0. The molecule has 0 saturated carbocycles. The quantitative estimate of drug-likeness (QED) is 0.492. The number of amides is 2. The van der Waals surface area contributed by atoms with Gasteiger partial charge in [0, 0.05) is 23.3 Å². The molecule has 0 atom stereocenters. The van der Waals surface area contributed by atoms with Gasteiger partial charge in [-0.3, -0.25) is 30.6 Å². The second-order valence-electron chi connectivity index (χ2n) is 6.20. The molecule has 2 amide bonds. The molecule has 1 heterocycles. The molecule has 3 rings (SSSR count). The molecule has 0 fully saturated rings. The number of nitrogens with one attached hydrogen (secondary N) is 2. The van der Waals surface area contributed by atoms with Crippen LogP contribution >= 0.6 is 11.3 Å². The summed E-state index contributed by atoms with van der Waals surface area (Å²) in [7, 11) is 0. The number of hydrogen-bond acceptors (Lipinski definition) is 6. The number of nitro benzene ring substituents is 1. The maximum Gasteiger partial charge on any atom is 0.281 e. The summed E-state index contributed by atoms with van der Waals surface area (Å²) in [5, 5.41) is 11.4. The summed E-state index contributed by atoms with van der Waals surface area (Å²) in [5.41, 5.74) is 7.43. The van der Waals surface area contributed by atoms with Crippen molar-refractivity contribution in [1.29, 1.82) is 0 Å². The number of carbonyl (C=O) groups is 2. The summed E-state index contributed by atoms with van der Waals surface area (Å²) in [6.07, 6.45) is 0.944. The predicted molar refractivity (Wildman–Crippen MR) is 110 cm³/mol. The Labute approximate surface area is 170 Å². The molecule has 1 aromatic heterocycles. The van der Waals surface area contributed by atoms with Gasteiger partial charge in [-0.1, -0.05) is 31.2 Å². The van der Waals surface area contributed by atoms with E-state index in [0.29, 0.717) is 10.6 Å². The molecule has 2 N–H and O–H groups in total. The summed E-state index contributed by atoms with van der Waals surface area (Å²) >= 11 is 1.24. The van der Waals surface area contributed by atoms with Crippen LogP contribution in [0.3, 0.4) is 0 Å². The van der Waals surface area contributed by atoms with Crippen molar-refractivity contribution in [2.45, 2.75) is 20.3 Å². The molecule has 0 bridgehead atoms. The van der Waals surface area contributed by atoms with Gasteiger partial charge in [-0.2, -0.15) is 0 Å². The van der Waals surface area contributed by atoms with Crippen molar-refractivity contribution >= 4 is 28.8 Å². The highest BCUT2D eigenvalue weighted by molar-refractivity contribution is 7.17. The number of nitrogens with zero attached hydrogens (tertiary/aromatic N) is 2. The van der Waals surface area contributed by atoms with Crippen LogP contribution in [0, 0.1) is 17.0 Å². The van der Waals surface area contributed by atoms with Crippen molar-refractivity contribution in [3.8, 4) is 10.6 Å². The standard InChI is InChI=1S/C20H18N4O4S/c1-3-13-4-6-15(7-5-13)20-21-12(2)17(29-20)19(26)23-22-18(25)14-8-10-16(11-9-14)24(27)28/h4-11H,3H2,1-2H3,(H,22,25)(H,23,26). The molecule has 0 aliphatic carbocycles. The fraction of sp³-hybridized carbons (Fsp3) is 0.150. The average Bonchev–Trinajstić information content (AvgIpc) is 3.13. The molecule has 3 aromatic rings. The van der Waals surface area contributed by atoms with Gasteiger partial charge in [0.1, 0.15) is 9.88 Å². The van der Waals surface area contributed by atoms with Gasteiger partial charge < -0.3 is 0 Å². The summed E-state index contributed by atoms with van der Waals surface area (Å²) in [6, 6.07) is 13.1. The third-order valence-corrected chi connectivity index (χ3v) is 5.45. The number of aryl methyl sites for hydroxylation is 2. The number of benzene rings is 2. The Morgan fingerprint density at radius 3 is 2.24 bits per heavy atom. The van der Waals surface area contributed by atoms with Gasteiger partial charge in [0.2, 0.25) is 0 Å². The van der Waals surface area contributed by atoms with Crippen LogP contribution in [0.4, 0.5) is 5.69 Å². The average molecular weight is 410 g/mol. The lowest BCUT2D eigenvalue weighted by Gasteiger charge is -2.06. The van der Waals surface area contributed by atoms with Gasteiger partial charge in [-0.05, 0) is 31.0 Å². The highest BCUT2D eigenvalue weighted by atomic mass is 32.1. The molecular formula is C20H18N4O4S. The minimum Gasteiger partial charge on any atom is -0.267 e. The van der Waals surface area contributed by atoms with Gasteiger partial charge >= 0.3 is 0 Å². The Morgan fingerprint density at radius 2 is 1.66 bits per heavy atom. The van der Waals surface area contributed by atoms with Crippen LogP contribution in [0.5, 0.6) is 0 Å². The van der Waals surface area contributed by atoms with Crippen LogP contribution in [0.2, 0.25) is 0 Å². The summed E-state index contributed by atoms with van der Waals surface area (Å²) in [5.74, 6) is -1.06. The number of nitro groups is 1. The minimum absolute atomic E-state index is 0.120. The molecule has 0 unspecified atom stereocenters. The third kappa shape index (κ3) is 4.64. The lowest BCUT2D eigenvalue weighted by atomic mass is 10.1. The molecule has 9 heteroatoms. The van der Waals surface area contributed by atoms with Crippen molar-refractivity contribution in [2.24, 2.45) is 0 Å². The van der Waals surface area contributed by atoms with E-state index in [1.165, 1.54) is 41.2 Å². The highest BCUT2D eigenvalue weighted by Gasteiger charge is 2.17. The van der Waals surface area contributed by atoms with Crippen LogP contribution < -0.4 is 10.9 Å². The molecule has 8 nitrogen and oxygen atoms in total. The second-order valence-corrected chi connectivity index (χ2v) is 7.20. The van der Waals surface area contributed by atoms with Crippen LogP contribution in [0.25, 0.3) is 10.6 Å². The molecule has 29 heavy (non-hydrogen) atoms. The fourth-order valence-corrected chi connectivity index (χ4v) is 3.56. The monoisotopic (exact) mass is 410 g/mol. The molecule has 0 radical (unpaired) electrons. The lowest BCUT2D eigenvalue weighted by Crippen LogP contribution is -2.41. The number of hydrogen-bond donors (Lipinski definition) is 2. The molecule has 0 spiro atoms. The topological polar surface area (TPSA) is 114 Å². The maximum absolute atomic E-state index is 12.4. The highest BCUT2D eigenvalue weighted by Crippen LogP contribution is 2.28. The van der Waals surface area contributed by atoms with E-state index < -0.39 is 16.7 Å². The number of aromatic nitrogens is 1. The Morgan fingerprint density at radius 1 is 1.03 bits per heavy atom. The SMILES string of the molecule is CCc1ccc(-c2nc(C)c(C(=O)NNC(=O)c3ccc([N+](=O)[O-])cc3)s2)cc1. The van der Waals surface area contributed by atoms with Crippen LogP contribution in [0.15, 0.2) is 48.5 Å². The zero-order chi connectivity index (χ0) is 21.0. The Bertz CT molecular complexity index is 1060. The molecule has 148 valence electrons. The molecular weight excluding hydrogens is 392 g/mol. The number of hydrazine groups is 1. The van der Waals surface area contributed by atoms with Crippen LogP contribution in [-0.4, -0.2) is 21.7 Å². The zero-order valence-corrected chi connectivity index (χ0v) is 16.6. The molecule has 0 aliphatic rings. The largest absolute Gasteiger partial charge is 0.281 e. The number of carbonyl (C=O) groups excluding carboxylic acids is 2. The Balaban J connectivity index is 1.66. The van der Waals surface area contributed by atoms with Gasteiger partial charge in [0.25, 0.3) is 17.5 Å². The van der Waals surface area contributed by atoms with E-state index in [2.05, 4.69) is 22.8 Å². The minimum atomic E-state index is -0.578. The number of thiazole rings is 1. The van der Waals surface area contributed by atoms with Crippen molar-refractivity contribution in [2.75, 3.05) is 0 Å². The maximum atomic E-state index is 12.4. The van der Waals surface area contributed by atoms with Crippen LogP contribution in [-0.2, 0) is 6.42 Å². The van der Waals surface area contributed by atoms with E-state index in [-0.39, 0.29) is 11.3 Å². The van der Waals surface area contributed by atoms with Crippen molar-refractivity contribution in [3.63, 3.8) is 0 Å². The van der Waals surface area contributed by atoms with Gasteiger partial charge in [0.15, 0.2) is 0 Å². The first-order chi connectivity index (χ1) is 13.9. The first kappa shape index (κ1) is 20.2. The van der Waals surface area contributed by atoms with Gasteiger partial charge in [0.05, 0.1) is 10.6 Å².